The Kier molecular flexibility index (Phi) is 5.12. The molecule has 0 aliphatic heterocycles. The van der Waals surface area contributed by atoms with Gasteiger partial charge >= 0.3 is 5.97 Å². The summed E-state index contributed by atoms with van der Waals surface area (Å²) in [6, 6.07) is 16.3. The minimum atomic E-state index is -0.542. The number of benzene rings is 2. The number of ether oxygens (including phenoxy) is 1. The molecular formula is C20H18N2O4. The Morgan fingerprint density at radius 1 is 1.04 bits per heavy atom. The molecule has 1 heterocycles. The molecule has 0 saturated carbocycles. The molecule has 0 spiro atoms. The second-order valence-corrected chi connectivity index (χ2v) is 5.54. The van der Waals surface area contributed by atoms with Crippen LogP contribution in [0.4, 0.5) is 5.69 Å². The Morgan fingerprint density at radius 2 is 1.73 bits per heavy atom. The lowest BCUT2D eigenvalue weighted by atomic mass is 10.1. The van der Waals surface area contributed by atoms with Crippen LogP contribution in [0, 0.1) is 0 Å². The number of oxazole rings is 1. The molecule has 0 unspecified atom stereocenters. The highest BCUT2D eigenvalue weighted by molar-refractivity contribution is 5.95. The number of nitrogens with one attached hydrogen (secondary N) is 1. The van der Waals surface area contributed by atoms with Crippen LogP contribution in [0.3, 0.4) is 0 Å². The van der Waals surface area contributed by atoms with Crippen molar-refractivity contribution in [3.8, 4) is 22.8 Å². The van der Waals surface area contributed by atoms with Gasteiger partial charge < -0.3 is 14.5 Å². The lowest BCUT2D eigenvalue weighted by Gasteiger charge is -2.04. The van der Waals surface area contributed by atoms with E-state index < -0.39 is 5.97 Å². The van der Waals surface area contributed by atoms with Crippen LogP contribution in [-0.4, -0.2) is 23.5 Å². The minimum Gasteiger partial charge on any atom is -0.461 e. The number of nitrogens with zero attached hydrogens (tertiary/aromatic N) is 1. The van der Waals surface area contributed by atoms with Crippen molar-refractivity contribution in [1.29, 1.82) is 0 Å². The summed E-state index contributed by atoms with van der Waals surface area (Å²) in [7, 11) is 0. The molecule has 6 nitrogen and oxygen atoms in total. The average Bonchev–Trinajstić information content (AvgIpc) is 3.08. The number of hydrogen-bond donors (Lipinski definition) is 1. The Hall–Kier alpha value is -3.41. The summed E-state index contributed by atoms with van der Waals surface area (Å²) in [5.41, 5.74) is 2.20. The first-order chi connectivity index (χ1) is 12.6. The summed E-state index contributed by atoms with van der Waals surface area (Å²) >= 11 is 0. The van der Waals surface area contributed by atoms with Gasteiger partial charge in [0.2, 0.25) is 11.8 Å². The zero-order valence-electron chi connectivity index (χ0n) is 14.5. The first-order valence-electron chi connectivity index (χ1n) is 8.20. The molecule has 3 aromatic rings. The maximum atomic E-state index is 12.3. The third-order valence-electron chi connectivity index (χ3n) is 3.58. The highest BCUT2D eigenvalue weighted by Crippen LogP contribution is 2.31. The van der Waals surface area contributed by atoms with Crippen LogP contribution < -0.4 is 5.32 Å². The van der Waals surface area contributed by atoms with Crippen LogP contribution in [0.15, 0.2) is 59.0 Å². The zero-order valence-corrected chi connectivity index (χ0v) is 14.5. The number of rotatable bonds is 5. The predicted molar refractivity (Wildman–Crippen MR) is 97.6 cm³/mol. The van der Waals surface area contributed by atoms with Crippen molar-refractivity contribution in [2.45, 2.75) is 13.8 Å². The molecule has 0 radical (unpaired) electrons. The summed E-state index contributed by atoms with van der Waals surface area (Å²) in [5, 5.41) is 2.70. The summed E-state index contributed by atoms with van der Waals surface area (Å²) in [4.78, 5) is 27.8. The van der Waals surface area contributed by atoms with Crippen LogP contribution in [0.2, 0.25) is 0 Å². The van der Waals surface area contributed by atoms with E-state index in [0.29, 0.717) is 22.9 Å². The molecule has 1 amide bonds. The van der Waals surface area contributed by atoms with Gasteiger partial charge in [0.05, 0.1) is 6.61 Å². The number of carbonyl (C=O) groups excluding carboxylic acids is 2. The number of hydrogen-bond acceptors (Lipinski definition) is 5. The van der Waals surface area contributed by atoms with Crippen LogP contribution in [0.5, 0.6) is 0 Å². The van der Waals surface area contributed by atoms with E-state index in [1.54, 1.807) is 31.2 Å². The van der Waals surface area contributed by atoms with Gasteiger partial charge in [-0.2, -0.15) is 0 Å². The first kappa shape index (κ1) is 17.4. The van der Waals surface area contributed by atoms with Crippen molar-refractivity contribution >= 4 is 17.6 Å². The molecule has 0 aliphatic rings. The largest absolute Gasteiger partial charge is 0.461 e. The molecule has 26 heavy (non-hydrogen) atoms. The topological polar surface area (TPSA) is 81.4 Å². The lowest BCUT2D eigenvalue weighted by Crippen LogP contribution is -2.07. The van der Waals surface area contributed by atoms with Gasteiger partial charge in [0.1, 0.15) is 0 Å². The monoisotopic (exact) mass is 350 g/mol. The third-order valence-corrected chi connectivity index (χ3v) is 3.58. The van der Waals surface area contributed by atoms with Gasteiger partial charge in [0.15, 0.2) is 11.5 Å². The molecule has 132 valence electrons. The quantitative estimate of drug-likeness (QED) is 0.699. The highest BCUT2D eigenvalue weighted by Gasteiger charge is 2.23. The summed E-state index contributed by atoms with van der Waals surface area (Å²) in [6.07, 6.45) is 0. The first-order valence-corrected chi connectivity index (χ1v) is 8.20. The lowest BCUT2D eigenvalue weighted by molar-refractivity contribution is -0.114. The van der Waals surface area contributed by atoms with E-state index in [0.717, 1.165) is 5.56 Å². The van der Waals surface area contributed by atoms with Gasteiger partial charge in [-0.3, -0.25) is 4.79 Å². The third kappa shape index (κ3) is 3.80. The number of amides is 1. The Bertz CT molecular complexity index is 915. The van der Waals surface area contributed by atoms with Crippen molar-refractivity contribution in [3.05, 3.63) is 60.3 Å². The van der Waals surface area contributed by atoms with Gasteiger partial charge in [0.25, 0.3) is 0 Å². The number of anilines is 1. The smallest absolute Gasteiger partial charge is 0.361 e. The van der Waals surface area contributed by atoms with Crippen molar-refractivity contribution in [3.63, 3.8) is 0 Å². The van der Waals surface area contributed by atoms with E-state index in [9.17, 15) is 9.59 Å². The number of aromatic nitrogens is 1. The fraction of sp³-hybridized carbons (Fsp3) is 0.150. The van der Waals surface area contributed by atoms with Gasteiger partial charge in [-0.15, -0.1) is 0 Å². The Balaban J connectivity index is 2.02. The molecule has 6 heteroatoms. The van der Waals surface area contributed by atoms with Crippen molar-refractivity contribution in [1.82, 2.24) is 4.98 Å². The summed E-state index contributed by atoms with van der Waals surface area (Å²) < 4.78 is 11.0. The molecule has 1 N–H and O–H groups in total. The number of esters is 1. The van der Waals surface area contributed by atoms with Crippen LogP contribution >= 0.6 is 0 Å². The molecular weight excluding hydrogens is 332 g/mol. The van der Waals surface area contributed by atoms with E-state index >= 15 is 0 Å². The van der Waals surface area contributed by atoms with E-state index in [4.69, 9.17) is 9.15 Å². The number of carbonyl (C=O) groups is 2. The van der Waals surface area contributed by atoms with E-state index in [1.165, 1.54) is 6.92 Å². The van der Waals surface area contributed by atoms with Gasteiger partial charge in [-0.25, -0.2) is 9.78 Å². The second kappa shape index (κ2) is 7.65. The highest BCUT2D eigenvalue weighted by atomic mass is 16.5. The fourth-order valence-electron chi connectivity index (χ4n) is 2.47. The van der Waals surface area contributed by atoms with Gasteiger partial charge in [-0.1, -0.05) is 18.2 Å². The predicted octanol–water partition coefficient (Wildman–Crippen LogP) is 4.14. The second-order valence-electron chi connectivity index (χ2n) is 5.54. The SMILES string of the molecule is CCOC(=O)c1nc(-c2ccccc2)oc1-c1ccc(NC(C)=O)cc1. The average molecular weight is 350 g/mol. The molecule has 3 rings (SSSR count). The summed E-state index contributed by atoms with van der Waals surface area (Å²) in [5.74, 6) is -0.0263. The van der Waals surface area contributed by atoms with Gasteiger partial charge in [0, 0.05) is 23.7 Å². The van der Waals surface area contributed by atoms with E-state index in [-0.39, 0.29) is 18.2 Å². The van der Waals surface area contributed by atoms with E-state index in [1.807, 2.05) is 30.3 Å². The van der Waals surface area contributed by atoms with Crippen LogP contribution in [-0.2, 0) is 9.53 Å². The summed E-state index contributed by atoms with van der Waals surface area (Å²) in [6.45, 7) is 3.42. The van der Waals surface area contributed by atoms with E-state index in [2.05, 4.69) is 10.3 Å². The van der Waals surface area contributed by atoms with Gasteiger partial charge in [-0.05, 0) is 43.3 Å². The fourth-order valence-corrected chi connectivity index (χ4v) is 2.47. The maximum absolute atomic E-state index is 12.3. The molecule has 0 saturated heterocycles. The molecule has 2 aromatic carbocycles. The molecule has 0 bridgehead atoms. The van der Waals surface area contributed by atoms with Crippen molar-refractivity contribution < 1.29 is 18.7 Å². The molecule has 1 aromatic heterocycles. The molecule has 0 aliphatic carbocycles. The standard InChI is InChI=1S/C20H18N2O4/c1-3-25-20(24)17-18(14-9-11-16(12-10-14)21-13(2)23)26-19(22-17)15-7-5-4-6-8-15/h4-12H,3H2,1-2H3,(H,21,23). The van der Waals surface area contributed by atoms with Crippen molar-refractivity contribution in [2.75, 3.05) is 11.9 Å². The Labute approximate surface area is 150 Å². The molecule has 0 fully saturated rings. The van der Waals surface area contributed by atoms with Crippen LogP contribution in [0.1, 0.15) is 24.3 Å². The normalized spacial score (nSPS) is 10.4. The van der Waals surface area contributed by atoms with Crippen LogP contribution in [0.25, 0.3) is 22.8 Å². The Morgan fingerprint density at radius 3 is 2.35 bits per heavy atom. The molecule has 0 atom stereocenters. The zero-order chi connectivity index (χ0) is 18.5. The minimum absolute atomic E-state index is 0.123. The van der Waals surface area contributed by atoms with Crippen molar-refractivity contribution in [2.24, 2.45) is 0 Å². The maximum Gasteiger partial charge on any atom is 0.361 e.